The standard InChI is InChI=1S/C32H39Cl2N5O5S/c1-18(40)32(39-13-11-38(12-14-39)21-16-19-6-7-20(17-21)37(19)2)29(31(43)44)28(26-22(33)4-3-5-23(26)34)27(30(41)42)24(36-32)8-9-25-35-10-15-45-25/h3-5,10,15,19-21,28-29,36H,6-9,11-14,16-17H2,1-2H3,(H,41,42)(H,43,44)/t19-,20+,21?,28?,29?,32?. The Labute approximate surface area is 277 Å². The summed E-state index contributed by atoms with van der Waals surface area (Å²) in [5, 5.41) is 27.8. The molecule has 4 aliphatic heterocycles. The van der Waals surface area contributed by atoms with Gasteiger partial charge in [-0.05, 0) is 63.8 Å². The van der Waals surface area contributed by atoms with Crippen molar-refractivity contribution in [2.24, 2.45) is 5.92 Å². The number of hydrogen-bond donors (Lipinski definition) is 3. The Bertz CT molecular complexity index is 1460. The molecule has 0 amide bonds. The van der Waals surface area contributed by atoms with E-state index in [1.807, 2.05) is 10.3 Å². The highest BCUT2D eigenvalue weighted by Crippen LogP contribution is 2.50. The molecule has 45 heavy (non-hydrogen) atoms. The maximum absolute atomic E-state index is 14.0. The number of halogens is 2. The number of rotatable bonds is 9. The third-order valence-electron chi connectivity index (χ3n) is 10.6. The molecule has 5 heterocycles. The monoisotopic (exact) mass is 675 g/mol. The molecule has 6 atom stereocenters. The topological polar surface area (TPSA) is 126 Å². The van der Waals surface area contributed by atoms with Crippen LogP contribution in [0.4, 0.5) is 0 Å². The number of carbonyl (C=O) groups is 3. The minimum atomic E-state index is -1.73. The van der Waals surface area contributed by atoms with Crippen LogP contribution in [0, 0.1) is 5.92 Å². The number of nitrogens with zero attached hydrogens (tertiary/aromatic N) is 4. The molecule has 1 aromatic carbocycles. The molecule has 0 aliphatic carbocycles. The maximum atomic E-state index is 14.0. The second-order valence-corrected chi connectivity index (χ2v) is 14.5. The molecule has 10 nitrogen and oxygen atoms in total. The van der Waals surface area contributed by atoms with E-state index in [-0.39, 0.29) is 27.6 Å². The number of carbonyl (C=O) groups excluding carboxylic acids is 1. The fourth-order valence-corrected chi connectivity index (χ4v) is 9.66. The van der Waals surface area contributed by atoms with Crippen molar-refractivity contribution >= 4 is 52.3 Å². The van der Waals surface area contributed by atoms with Crippen molar-refractivity contribution in [1.29, 1.82) is 0 Å². The second-order valence-electron chi connectivity index (χ2n) is 12.7. The predicted molar refractivity (Wildman–Crippen MR) is 173 cm³/mol. The van der Waals surface area contributed by atoms with Crippen LogP contribution in [0.2, 0.25) is 10.0 Å². The van der Waals surface area contributed by atoms with E-state index in [0.29, 0.717) is 56.4 Å². The average Bonchev–Trinajstić information content (AvgIpc) is 3.58. The summed E-state index contributed by atoms with van der Waals surface area (Å²) < 4.78 is 0. The van der Waals surface area contributed by atoms with Gasteiger partial charge in [0, 0.05) is 84.0 Å². The summed E-state index contributed by atoms with van der Waals surface area (Å²) in [6.07, 6.45) is 6.99. The number of piperidine rings is 1. The zero-order valence-corrected chi connectivity index (χ0v) is 27.7. The lowest BCUT2D eigenvalue weighted by atomic mass is 9.67. The molecule has 0 spiro atoms. The van der Waals surface area contributed by atoms with Crippen molar-refractivity contribution in [3.05, 3.63) is 61.7 Å². The van der Waals surface area contributed by atoms with Crippen molar-refractivity contribution in [2.75, 3.05) is 33.2 Å². The van der Waals surface area contributed by atoms with Gasteiger partial charge in [-0.15, -0.1) is 11.3 Å². The molecule has 3 saturated heterocycles. The minimum absolute atomic E-state index is 0.147. The summed E-state index contributed by atoms with van der Waals surface area (Å²) in [5.74, 6) is -5.80. The number of Topliss-reactive ketones (excluding diaryl/α,β-unsaturated/α-hetero) is 1. The van der Waals surface area contributed by atoms with Crippen LogP contribution in [-0.2, 0) is 20.8 Å². The van der Waals surface area contributed by atoms with E-state index in [4.69, 9.17) is 23.2 Å². The Morgan fingerprint density at radius 3 is 2.20 bits per heavy atom. The summed E-state index contributed by atoms with van der Waals surface area (Å²) in [7, 11) is 2.22. The highest BCUT2D eigenvalue weighted by atomic mass is 35.5. The third kappa shape index (κ3) is 5.80. The molecule has 0 radical (unpaired) electrons. The number of carboxylic acids is 2. The van der Waals surface area contributed by atoms with E-state index in [1.54, 1.807) is 24.4 Å². The molecule has 4 unspecified atom stereocenters. The molecule has 6 rings (SSSR count). The molecule has 0 saturated carbocycles. The van der Waals surface area contributed by atoms with Gasteiger partial charge in [-0.3, -0.25) is 19.4 Å². The van der Waals surface area contributed by atoms with Gasteiger partial charge in [0.2, 0.25) is 0 Å². The smallest absolute Gasteiger partial charge is 0.333 e. The van der Waals surface area contributed by atoms with Gasteiger partial charge in [-0.25, -0.2) is 9.78 Å². The molecule has 3 fully saturated rings. The molecule has 3 N–H and O–H groups in total. The number of aromatic nitrogens is 1. The first kappa shape index (κ1) is 32.4. The lowest BCUT2D eigenvalue weighted by molar-refractivity contribution is -0.161. The zero-order valence-electron chi connectivity index (χ0n) is 25.4. The maximum Gasteiger partial charge on any atom is 0.333 e. The van der Waals surface area contributed by atoms with E-state index >= 15 is 0 Å². The highest BCUT2D eigenvalue weighted by molar-refractivity contribution is 7.09. The predicted octanol–water partition coefficient (Wildman–Crippen LogP) is 4.34. The lowest BCUT2D eigenvalue weighted by Crippen LogP contribution is -2.74. The quantitative estimate of drug-likeness (QED) is 0.353. The normalized spacial score (nSPS) is 31.2. The fraction of sp³-hybridized carbons (Fsp3) is 0.562. The number of carboxylic acid groups (broad SMARTS) is 2. The van der Waals surface area contributed by atoms with Crippen LogP contribution in [0.1, 0.15) is 55.5 Å². The van der Waals surface area contributed by atoms with Gasteiger partial charge < -0.3 is 20.4 Å². The van der Waals surface area contributed by atoms with Crippen LogP contribution in [-0.4, -0.2) is 105 Å². The lowest BCUT2D eigenvalue weighted by Gasteiger charge is -2.55. The van der Waals surface area contributed by atoms with Crippen LogP contribution in [0.25, 0.3) is 0 Å². The summed E-state index contributed by atoms with van der Waals surface area (Å²) in [4.78, 5) is 51.8. The Hall–Kier alpha value is -2.54. The molecule has 2 aromatic rings. The molecule has 2 bridgehead atoms. The molecule has 13 heteroatoms. The Morgan fingerprint density at radius 1 is 1.02 bits per heavy atom. The van der Waals surface area contributed by atoms with Gasteiger partial charge in [0.15, 0.2) is 11.4 Å². The van der Waals surface area contributed by atoms with Gasteiger partial charge >= 0.3 is 11.9 Å². The van der Waals surface area contributed by atoms with Crippen molar-refractivity contribution in [2.45, 2.75) is 75.2 Å². The van der Waals surface area contributed by atoms with Gasteiger partial charge in [0.25, 0.3) is 0 Å². The van der Waals surface area contributed by atoms with Gasteiger partial charge in [0.05, 0.1) is 10.6 Å². The van der Waals surface area contributed by atoms with E-state index in [2.05, 4.69) is 27.1 Å². The number of aliphatic carboxylic acids is 2. The number of thiazole rings is 1. The molecule has 4 aliphatic rings. The Kier molecular flexibility index (Phi) is 9.31. The number of piperazine rings is 1. The number of fused-ring (bicyclic) bond motifs is 2. The Morgan fingerprint density at radius 2 is 1.67 bits per heavy atom. The largest absolute Gasteiger partial charge is 0.481 e. The number of aryl methyl sites for hydroxylation is 1. The van der Waals surface area contributed by atoms with E-state index in [0.717, 1.165) is 17.8 Å². The first-order chi connectivity index (χ1) is 21.5. The van der Waals surface area contributed by atoms with E-state index < -0.39 is 35.2 Å². The van der Waals surface area contributed by atoms with Crippen molar-refractivity contribution < 1.29 is 24.6 Å². The van der Waals surface area contributed by atoms with Crippen molar-refractivity contribution in [3.8, 4) is 0 Å². The third-order valence-corrected chi connectivity index (χ3v) is 12.1. The fourth-order valence-electron chi connectivity index (χ4n) is 8.40. The summed E-state index contributed by atoms with van der Waals surface area (Å²) in [6, 6.07) is 6.40. The van der Waals surface area contributed by atoms with Crippen LogP contribution in [0.15, 0.2) is 41.0 Å². The Balaban J connectivity index is 1.41. The van der Waals surface area contributed by atoms with Crippen molar-refractivity contribution in [3.63, 3.8) is 0 Å². The van der Waals surface area contributed by atoms with E-state index in [9.17, 15) is 24.6 Å². The average molecular weight is 677 g/mol. The van der Waals surface area contributed by atoms with E-state index in [1.165, 1.54) is 31.1 Å². The highest BCUT2D eigenvalue weighted by Gasteiger charge is 2.61. The number of ketones is 1. The molecule has 1 aromatic heterocycles. The van der Waals surface area contributed by atoms with Crippen molar-refractivity contribution in [1.82, 2.24) is 25.0 Å². The summed E-state index contributed by atoms with van der Waals surface area (Å²) in [5.41, 5.74) is -1.38. The number of allylic oxidation sites excluding steroid dienone is 1. The molecular weight excluding hydrogens is 637 g/mol. The van der Waals surface area contributed by atoms with Crippen LogP contribution < -0.4 is 5.32 Å². The number of hydrogen-bond acceptors (Lipinski definition) is 9. The molecule has 242 valence electrons. The van der Waals surface area contributed by atoms with Gasteiger partial charge in [-0.2, -0.15) is 0 Å². The summed E-state index contributed by atoms with van der Waals surface area (Å²) in [6.45, 7) is 3.64. The second kappa shape index (κ2) is 12.9. The first-order valence-corrected chi connectivity index (χ1v) is 17.2. The van der Waals surface area contributed by atoms with Gasteiger partial charge in [0.1, 0.15) is 5.92 Å². The van der Waals surface area contributed by atoms with Gasteiger partial charge in [-0.1, -0.05) is 29.3 Å². The molecular formula is C32H39Cl2N5O5S. The number of nitrogens with one attached hydrogen (secondary N) is 1. The first-order valence-electron chi connectivity index (χ1n) is 15.5. The van der Waals surface area contributed by atoms with Crippen LogP contribution in [0.5, 0.6) is 0 Å². The summed E-state index contributed by atoms with van der Waals surface area (Å²) >= 11 is 14.8. The number of benzene rings is 1. The van der Waals surface area contributed by atoms with Crippen LogP contribution in [0.3, 0.4) is 0 Å². The minimum Gasteiger partial charge on any atom is -0.481 e. The van der Waals surface area contributed by atoms with Crippen LogP contribution >= 0.6 is 34.5 Å². The SMILES string of the molecule is CC(=O)C1(N2CCN(C3C[C@H]4CC[C@@H](C3)N4C)CC2)NC(CCc2nccs2)=C(C(=O)O)C(c2c(Cl)cccc2Cl)C1C(=O)O. The zero-order chi connectivity index (χ0) is 32.0.